The number of halogens is 2. The van der Waals surface area contributed by atoms with Gasteiger partial charge in [0.05, 0.1) is 5.56 Å². The van der Waals surface area contributed by atoms with Crippen molar-refractivity contribution in [2.75, 3.05) is 0 Å². The topological polar surface area (TPSA) is 46.5 Å². The highest BCUT2D eigenvalue weighted by Crippen LogP contribution is 2.40. The van der Waals surface area contributed by atoms with Crippen LogP contribution in [0, 0.1) is 0 Å². The van der Waals surface area contributed by atoms with Crippen LogP contribution in [0.15, 0.2) is 36.9 Å². The van der Waals surface area contributed by atoms with Gasteiger partial charge < -0.3 is 9.53 Å². The highest BCUT2D eigenvalue weighted by Gasteiger charge is 2.44. The lowest BCUT2D eigenvalue weighted by atomic mass is 10.0. The minimum absolute atomic E-state index is 0.0550. The molecule has 3 nitrogen and oxygen atoms in total. The van der Waals surface area contributed by atoms with Crippen molar-refractivity contribution in [1.29, 1.82) is 0 Å². The fourth-order valence-electron chi connectivity index (χ4n) is 2.53. The Bertz CT molecular complexity index is 531. The number of benzene rings is 1. The standard InChI is InChI=1S/C17H24F2O3Si/c1-5-17(18,19)15(22-23(6-2,7-3)8-4)13-9-11-14(12-10-13)16(20)21/h5,9-12,15H,1,6-8H2,2-4H3,(H,20,21). The normalized spacial score (nSPS) is 13.6. The number of hydrogen-bond donors (Lipinski definition) is 1. The predicted molar refractivity (Wildman–Crippen MR) is 89.6 cm³/mol. The van der Waals surface area contributed by atoms with E-state index in [0.717, 1.165) is 18.1 Å². The summed E-state index contributed by atoms with van der Waals surface area (Å²) in [6.45, 7) is 9.13. The van der Waals surface area contributed by atoms with E-state index in [9.17, 15) is 13.6 Å². The molecule has 1 aromatic rings. The number of hydrogen-bond acceptors (Lipinski definition) is 2. The summed E-state index contributed by atoms with van der Waals surface area (Å²) < 4.78 is 34.7. The van der Waals surface area contributed by atoms with Crippen LogP contribution >= 0.6 is 0 Å². The van der Waals surface area contributed by atoms with Crippen molar-refractivity contribution in [3.8, 4) is 0 Å². The van der Waals surface area contributed by atoms with E-state index >= 15 is 0 Å². The van der Waals surface area contributed by atoms with E-state index in [4.69, 9.17) is 9.53 Å². The van der Waals surface area contributed by atoms with Crippen LogP contribution in [-0.2, 0) is 4.43 Å². The summed E-state index contributed by atoms with van der Waals surface area (Å²) >= 11 is 0. The molecular weight excluding hydrogens is 318 g/mol. The van der Waals surface area contributed by atoms with Crippen LogP contribution in [0.5, 0.6) is 0 Å². The predicted octanol–water partition coefficient (Wildman–Crippen LogP) is 5.27. The molecule has 0 aliphatic rings. The van der Waals surface area contributed by atoms with Gasteiger partial charge in [0.2, 0.25) is 0 Å². The van der Waals surface area contributed by atoms with E-state index < -0.39 is 26.3 Å². The smallest absolute Gasteiger partial charge is 0.335 e. The Morgan fingerprint density at radius 2 is 1.74 bits per heavy atom. The van der Waals surface area contributed by atoms with Gasteiger partial charge in [0.1, 0.15) is 6.10 Å². The zero-order valence-corrected chi connectivity index (χ0v) is 14.8. The fraction of sp³-hybridized carbons (Fsp3) is 0.471. The third-order valence-corrected chi connectivity index (χ3v) is 8.98. The molecule has 0 saturated heterocycles. The molecule has 0 radical (unpaired) electrons. The van der Waals surface area contributed by atoms with E-state index in [1.54, 1.807) is 0 Å². The van der Waals surface area contributed by atoms with Gasteiger partial charge in [-0.1, -0.05) is 39.5 Å². The Labute approximate surface area is 137 Å². The summed E-state index contributed by atoms with van der Waals surface area (Å²) in [5.41, 5.74) is 0.325. The Balaban J connectivity index is 3.25. The van der Waals surface area contributed by atoms with E-state index in [2.05, 4.69) is 6.58 Å². The Hall–Kier alpha value is -1.53. The molecule has 0 fully saturated rings. The van der Waals surface area contributed by atoms with Crippen LogP contribution < -0.4 is 0 Å². The molecule has 1 aromatic carbocycles. The van der Waals surface area contributed by atoms with Crippen molar-refractivity contribution in [1.82, 2.24) is 0 Å². The first-order chi connectivity index (χ1) is 10.7. The molecule has 6 heteroatoms. The number of carboxylic acids is 1. The Kier molecular flexibility index (Phi) is 6.65. The second-order valence-corrected chi connectivity index (χ2v) is 10.3. The number of aromatic carboxylic acids is 1. The van der Waals surface area contributed by atoms with Gasteiger partial charge in [-0.05, 0) is 41.9 Å². The maximum Gasteiger partial charge on any atom is 0.335 e. The van der Waals surface area contributed by atoms with Gasteiger partial charge in [0.15, 0.2) is 8.32 Å². The lowest BCUT2D eigenvalue weighted by molar-refractivity contribution is -0.0630. The fourth-order valence-corrected chi connectivity index (χ4v) is 5.32. The van der Waals surface area contributed by atoms with Crippen LogP contribution in [0.25, 0.3) is 0 Å². The molecule has 0 spiro atoms. The molecule has 0 saturated carbocycles. The number of carboxylic acid groups (broad SMARTS) is 1. The highest BCUT2D eigenvalue weighted by atomic mass is 28.4. The number of rotatable bonds is 9. The largest absolute Gasteiger partial charge is 0.478 e. The van der Waals surface area contributed by atoms with Crippen molar-refractivity contribution in [2.24, 2.45) is 0 Å². The summed E-state index contributed by atoms with van der Waals surface area (Å²) in [7, 11) is -2.27. The second kappa shape index (κ2) is 7.83. The van der Waals surface area contributed by atoms with E-state index in [1.165, 1.54) is 24.3 Å². The molecular formula is C17H24F2O3Si. The first-order valence-electron chi connectivity index (χ1n) is 7.77. The minimum atomic E-state index is -3.22. The monoisotopic (exact) mass is 342 g/mol. The molecule has 128 valence electrons. The highest BCUT2D eigenvalue weighted by molar-refractivity contribution is 6.73. The van der Waals surface area contributed by atoms with Gasteiger partial charge in [0.25, 0.3) is 5.92 Å². The van der Waals surface area contributed by atoms with Crippen LogP contribution in [-0.4, -0.2) is 25.3 Å². The lowest BCUT2D eigenvalue weighted by Crippen LogP contribution is -2.41. The zero-order chi connectivity index (χ0) is 17.7. The van der Waals surface area contributed by atoms with Gasteiger partial charge in [-0.15, -0.1) is 0 Å². The SMILES string of the molecule is C=CC(F)(F)C(O[Si](CC)(CC)CC)c1ccc(C(=O)O)cc1. The van der Waals surface area contributed by atoms with E-state index in [1.807, 2.05) is 20.8 Å². The van der Waals surface area contributed by atoms with Crippen LogP contribution in [0.3, 0.4) is 0 Å². The van der Waals surface area contributed by atoms with E-state index in [0.29, 0.717) is 6.08 Å². The van der Waals surface area contributed by atoms with Crippen LogP contribution in [0.1, 0.15) is 42.8 Å². The van der Waals surface area contributed by atoms with Crippen LogP contribution in [0.4, 0.5) is 8.78 Å². The lowest BCUT2D eigenvalue weighted by Gasteiger charge is -2.36. The average Bonchev–Trinajstić information content (AvgIpc) is 2.56. The third kappa shape index (κ3) is 4.48. The summed E-state index contributed by atoms with van der Waals surface area (Å²) in [6.07, 6.45) is -0.836. The van der Waals surface area contributed by atoms with Gasteiger partial charge in [-0.3, -0.25) is 0 Å². The molecule has 1 atom stereocenters. The molecule has 0 aliphatic carbocycles. The van der Waals surface area contributed by atoms with Crippen molar-refractivity contribution in [3.63, 3.8) is 0 Å². The first-order valence-corrected chi connectivity index (χ1v) is 10.3. The molecule has 1 unspecified atom stereocenters. The van der Waals surface area contributed by atoms with Crippen molar-refractivity contribution >= 4 is 14.3 Å². The molecule has 0 amide bonds. The maximum atomic E-state index is 14.4. The second-order valence-electron chi connectivity index (χ2n) is 5.55. The average molecular weight is 342 g/mol. The molecule has 0 aliphatic heterocycles. The van der Waals surface area contributed by atoms with Gasteiger partial charge in [0, 0.05) is 0 Å². The van der Waals surface area contributed by atoms with Crippen molar-refractivity contribution < 1.29 is 23.1 Å². The van der Waals surface area contributed by atoms with Gasteiger partial charge in [-0.25, -0.2) is 4.79 Å². The Morgan fingerprint density at radius 3 is 2.09 bits per heavy atom. The first kappa shape index (κ1) is 19.5. The molecule has 0 heterocycles. The molecule has 1 N–H and O–H groups in total. The number of alkyl halides is 2. The quantitative estimate of drug-likeness (QED) is 0.491. The number of carbonyl (C=O) groups is 1. The summed E-state index contributed by atoms with van der Waals surface area (Å²) in [4.78, 5) is 10.9. The van der Waals surface area contributed by atoms with E-state index in [-0.39, 0.29) is 11.1 Å². The third-order valence-electron chi connectivity index (χ3n) is 4.38. The summed E-state index contributed by atoms with van der Waals surface area (Å²) in [5.74, 6) is -4.31. The van der Waals surface area contributed by atoms with Crippen molar-refractivity contribution in [3.05, 3.63) is 48.0 Å². The minimum Gasteiger partial charge on any atom is -0.478 e. The van der Waals surface area contributed by atoms with Gasteiger partial charge in [-0.2, -0.15) is 8.78 Å². The summed E-state index contributed by atoms with van der Waals surface area (Å²) in [5, 5.41) is 8.93. The molecule has 0 aromatic heterocycles. The molecule has 23 heavy (non-hydrogen) atoms. The van der Waals surface area contributed by atoms with Crippen LogP contribution in [0.2, 0.25) is 18.1 Å². The maximum absolute atomic E-state index is 14.4. The van der Waals surface area contributed by atoms with Gasteiger partial charge >= 0.3 is 5.97 Å². The Morgan fingerprint density at radius 1 is 1.26 bits per heavy atom. The molecule has 0 bridgehead atoms. The molecule has 1 rings (SSSR count). The zero-order valence-electron chi connectivity index (χ0n) is 13.8. The van der Waals surface area contributed by atoms with Crippen molar-refractivity contribution in [2.45, 2.75) is 50.9 Å². The summed E-state index contributed by atoms with van der Waals surface area (Å²) in [6, 6.07) is 7.67.